The minimum Gasteiger partial charge on any atom is -0.497 e. The van der Waals surface area contributed by atoms with Gasteiger partial charge in [-0.15, -0.1) is 0 Å². The number of hydrazone groups is 1. The molecule has 0 saturated carbocycles. The summed E-state index contributed by atoms with van der Waals surface area (Å²) in [4.78, 5) is 14.1. The van der Waals surface area contributed by atoms with Crippen molar-refractivity contribution in [1.82, 2.24) is 9.99 Å². The van der Waals surface area contributed by atoms with Gasteiger partial charge < -0.3 is 14.2 Å². The minimum atomic E-state index is -0.171. The fraction of sp³-hybridized carbons (Fsp3) is 0.182. The fourth-order valence-electron chi connectivity index (χ4n) is 2.78. The second kappa shape index (κ2) is 8.90. The van der Waals surface area contributed by atoms with Crippen molar-refractivity contribution in [3.8, 4) is 11.4 Å². The number of carbonyl (C=O) groups is 1. The van der Waals surface area contributed by atoms with Crippen LogP contribution in [-0.2, 0) is 11.2 Å². The van der Waals surface area contributed by atoms with E-state index in [2.05, 4.69) is 39.7 Å². The molecule has 0 spiro atoms. The van der Waals surface area contributed by atoms with Crippen LogP contribution in [0.1, 0.15) is 11.3 Å². The number of benzene rings is 2. The van der Waals surface area contributed by atoms with Crippen molar-refractivity contribution in [2.24, 2.45) is 5.10 Å². The Balaban J connectivity index is 1.61. The van der Waals surface area contributed by atoms with Crippen LogP contribution in [0, 0.1) is 0 Å². The summed E-state index contributed by atoms with van der Waals surface area (Å²) in [5, 5.41) is 4.10. The third-order valence-corrected chi connectivity index (χ3v) is 4.33. The number of nitrogens with zero attached hydrogens (tertiary/aromatic N) is 3. The van der Waals surface area contributed by atoms with Crippen LogP contribution < -0.4 is 15.1 Å². The number of hydrogen-bond acceptors (Lipinski definition) is 4. The Kier molecular flexibility index (Phi) is 6.11. The molecule has 1 aromatic heterocycles. The van der Waals surface area contributed by atoms with Gasteiger partial charge in [0.2, 0.25) is 5.91 Å². The first-order valence-electron chi connectivity index (χ1n) is 8.97. The molecule has 6 nitrogen and oxygen atoms in total. The number of hydrogen-bond donors (Lipinski definition) is 1. The largest absolute Gasteiger partial charge is 0.497 e. The van der Waals surface area contributed by atoms with E-state index in [0.29, 0.717) is 0 Å². The maximum atomic E-state index is 12.1. The molecule has 28 heavy (non-hydrogen) atoms. The Morgan fingerprint density at radius 2 is 1.82 bits per heavy atom. The summed E-state index contributed by atoms with van der Waals surface area (Å²) in [5.41, 5.74) is 6.52. The molecule has 0 aliphatic heterocycles. The summed E-state index contributed by atoms with van der Waals surface area (Å²) in [6.07, 6.45) is 3.87. The normalized spacial score (nSPS) is 10.8. The number of methoxy groups -OCH3 is 1. The van der Waals surface area contributed by atoms with E-state index in [0.717, 1.165) is 28.4 Å². The van der Waals surface area contributed by atoms with Gasteiger partial charge in [-0.2, -0.15) is 5.10 Å². The van der Waals surface area contributed by atoms with E-state index in [1.807, 2.05) is 61.3 Å². The van der Waals surface area contributed by atoms with Gasteiger partial charge in [0.25, 0.3) is 0 Å². The Hall–Kier alpha value is -3.54. The average Bonchev–Trinajstić information content (AvgIpc) is 3.17. The first-order valence-corrected chi connectivity index (χ1v) is 8.97. The molecule has 1 amide bonds. The molecule has 0 radical (unpaired) electrons. The number of amides is 1. The highest BCUT2D eigenvalue weighted by atomic mass is 16.5. The second-order valence-corrected chi connectivity index (χ2v) is 6.53. The van der Waals surface area contributed by atoms with Crippen molar-refractivity contribution in [1.29, 1.82) is 0 Å². The summed E-state index contributed by atoms with van der Waals surface area (Å²) in [7, 11) is 5.64. The molecule has 1 N–H and O–H groups in total. The van der Waals surface area contributed by atoms with E-state index >= 15 is 0 Å². The molecule has 0 saturated heterocycles. The number of carbonyl (C=O) groups excluding carboxylic acids is 1. The van der Waals surface area contributed by atoms with Crippen LogP contribution in [-0.4, -0.2) is 37.9 Å². The van der Waals surface area contributed by atoms with Crippen LogP contribution in [0.2, 0.25) is 0 Å². The van der Waals surface area contributed by atoms with Crippen LogP contribution >= 0.6 is 0 Å². The van der Waals surface area contributed by atoms with E-state index in [1.165, 1.54) is 0 Å². The predicted molar refractivity (Wildman–Crippen MR) is 113 cm³/mol. The third kappa shape index (κ3) is 4.79. The lowest BCUT2D eigenvalue weighted by Crippen LogP contribution is -2.20. The van der Waals surface area contributed by atoms with Crippen molar-refractivity contribution in [2.75, 3.05) is 26.1 Å². The number of aromatic nitrogens is 1. The summed E-state index contributed by atoms with van der Waals surface area (Å²) in [5.74, 6) is 0.594. The van der Waals surface area contributed by atoms with Gasteiger partial charge >= 0.3 is 0 Å². The molecule has 1 heterocycles. The van der Waals surface area contributed by atoms with Gasteiger partial charge in [0.15, 0.2) is 0 Å². The molecule has 6 heteroatoms. The molecular formula is C22H24N4O2. The number of nitrogens with one attached hydrogen (secondary N) is 1. The fourth-order valence-corrected chi connectivity index (χ4v) is 2.78. The Morgan fingerprint density at radius 1 is 1.11 bits per heavy atom. The van der Waals surface area contributed by atoms with E-state index in [9.17, 15) is 4.79 Å². The smallest absolute Gasteiger partial charge is 0.244 e. The molecule has 3 rings (SSSR count). The highest BCUT2D eigenvalue weighted by Gasteiger charge is 2.04. The van der Waals surface area contributed by atoms with E-state index < -0.39 is 0 Å². The molecule has 0 aliphatic rings. The van der Waals surface area contributed by atoms with Crippen LogP contribution in [0.25, 0.3) is 5.69 Å². The molecule has 0 bridgehead atoms. The molecular weight excluding hydrogens is 352 g/mol. The van der Waals surface area contributed by atoms with Gasteiger partial charge in [0, 0.05) is 31.7 Å². The Bertz CT molecular complexity index is 941. The minimum absolute atomic E-state index is 0.171. The van der Waals surface area contributed by atoms with Crippen molar-refractivity contribution in [3.63, 3.8) is 0 Å². The Morgan fingerprint density at radius 3 is 2.46 bits per heavy atom. The first-order chi connectivity index (χ1) is 13.6. The highest BCUT2D eigenvalue weighted by molar-refractivity contribution is 5.82. The number of anilines is 1. The van der Waals surface area contributed by atoms with E-state index in [4.69, 9.17) is 4.74 Å². The van der Waals surface area contributed by atoms with Crippen LogP contribution in [0.3, 0.4) is 0 Å². The average molecular weight is 376 g/mol. The van der Waals surface area contributed by atoms with Gasteiger partial charge in [-0.25, -0.2) is 5.43 Å². The molecule has 0 fully saturated rings. The quantitative estimate of drug-likeness (QED) is 0.509. The van der Waals surface area contributed by atoms with Crippen molar-refractivity contribution < 1.29 is 9.53 Å². The lowest BCUT2D eigenvalue weighted by Gasteiger charge is -2.13. The zero-order valence-corrected chi connectivity index (χ0v) is 16.3. The van der Waals surface area contributed by atoms with Crippen LogP contribution in [0.5, 0.6) is 5.75 Å². The zero-order chi connectivity index (χ0) is 19.9. The molecule has 3 aromatic rings. The summed E-state index contributed by atoms with van der Waals surface area (Å²) >= 11 is 0. The predicted octanol–water partition coefficient (Wildman–Crippen LogP) is 3.24. The molecule has 144 valence electrons. The van der Waals surface area contributed by atoms with E-state index in [1.54, 1.807) is 13.3 Å². The topological polar surface area (TPSA) is 58.9 Å². The monoisotopic (exact) mass is 376 g/mol. The maximum absolute atomic E-state index is 12.1. The standard InChI is InChI=1S/C22H24N4O2/c1-25(2)18-8-10-19(11-9-18)26-14-4-5-20(26)16-23-24-22(27)15-17-6-12-21(28-3)13-7-17/h4-14,16H,15H2,1-3H3,(H,24,27)/b23-16+. The molecule has 0 unspecified atom stereocenters. The van der Waals surface area contributed by atoms with Crippen molar-refractivity contribution >= 4 is 17.8 Å². The molecule has 0 aliphatic carbocycles. The number of rotatable bonds is 7. The van der Waals surface area contributed by atoms with E-state index in [-0.39, 0.29) is 12.3 Å². The SMILES string of the molecule is COc1ccc(CC(=O)N/N=C/c2cccn2-c2ccc(N(C)C)cc2)cc1. The Labute approximate surface area is 165 Å². The number of ether oxygens (including phenoxy) is 1. The molecule has 2 aromatic carbocycles. The van der Waals surface area contributed by atoms with Gasteiger partial charge in [0.1, 0.15) is 5.75 Å². The second-order valence-electron chi connectivity index (χ2n) is 6.53. The molecule has 0 atom stereocenters. The van der Waals surface area contributed by atoms with Crippen molar-refractivity contribution in [2.45, 2.75) is 6.42 Å². The van der Waals surface area contributed by atoms with Crippen LogP contribution in [0.15, 0.2) is 72.0 Å². The van der Waals surface area contributed by atoms with Crippen LogP contribution in [0.4, 0.5) is 5.69 Å². The first kappa shape index (κ1) is 19.2. The lowest BCUT2D eigenvalue weighted by molar-refractivity contribution is -0.120. The maximum Gasteiger partial charge on any atom is 0.244 e. The van der Waals surface area contributed by atoms with Crippen molar-refractivity contribution in [3.05, 3.63) is 78.1 Å². The summed E-state index contributed by atoms with van der Waals surface area (Å²) in [6, 6.07) is 19.5. The zero-order valence-electron chi connectivity index (χ0n) is 16.3. The summed E-state index contributed by atoms with van der Waals surface area (Å²) in [6.45, 7) is 0. The highest BCUT2D eigenvalue weighted by Crippen LogP contribution is 2.17. The van der Waals surface area contributed by atoms with Gasteiger partial charge in [-0.05, 0) is 54.1 Å². The third-order valence-electron chi connectivity index (χ3n) is 4.33. The summed E-state index contributed by atoms with van der Waals surface area (Å²) < 4.78 is 7.13. The lowest BCUT2D eigenvalue weighted by atomic mass is 10.1. The van der Waals surface area contributed by atoms with Gasteiger partial charge in [0.05, 0.1) is 25.4 Å². The van der Waals surface area contributed by atoms with Gasteiger partial charge in [-0.3, -0.25) is 4.79 Å². The van der Waals surface area contributed by atoms with Gasteiger partial charge in [-0.1, -0.05) is 12.1 Å².